The summed E-state index contributed by atoms with van der Waals surface area (Å²) in [5.74, 6) is 1.04. The minimum absolute atomic E-state index is 0.167. The largest absolute Gasteiger partial charge is 0.321 e. The number of benzene rings is 1. The smallest absolute Gasteiger partial charge is 0.275 e. The van der Waals surface area contributed by atoms with Crippen molar-refractivity contribution in [3.05, 3.63) is 40.3 Å². The molecule has 9 nitrogen and oxygen atoms in total. The zero-order valence-electron chi connectivity index (χ0n) is 14.9. The number of fused-ring (bicyclic) bond motifs is 1. The summed E-state index contributed by atoms with van der Waals surface area (Å²) >= 11 is 0. The van der Waals surface area contributed by atoms with Crippen LogP contribution in [0.3, 0.4) is 0 Å². The summed E-state index contributed by atoms with van der Waals surface area (Å²) in [6, 6.07) is 6.41. The van der Waals surface area contributed by atoms with E-state index >= 15 is 0 Å². The molecule has 0 aliphatic heterocycles. The van der Waals surface area contributed by atoms with Gasteiger partial charge in [0.05, 0.1) is 17.7 Å². The number of H-pyrrole nitrogens is 1. The molecule has 0 atom stereocenters. The van der Waals surface area contributed by atoms with Crippen molar-refractivity contribution in [1.82, 2.24) is 20.0 Å². The van der Waals surface area contributed by atoms with E-state index in [2.05, 4.69) is 25.3 Å². The minimum Gasteiger partial charge on any atom is -0.321 e. The second-order valence-electron chi connectivity index (χ2n) is 6.39. The lowest BCUT2D eigenvalue weighted by Crippen LogP contribution is -2.26. The van der Waals surface area contributed by atoms with Crippen LogP contribution in [-0.4, -0.2) is 34.7 Å². The van der Waals surface area contributed by atoms with Crippen LogP contribution in [0.4, 0.5) is 17.3 Å². The van der Waals surface area contributed by atoms with Crippen LogP contribution in [0.25, 0.3) is 10.8 Å². The maximum absolute atomic E-state index is 12.8. The summed E-state index contributed by atoms with van der Waals surface area (Å²) in [6.45, 7) is 5.57. The first-order valence-corrected chi connectivity index (χ1v) is 9.86. The molecule has 2 heterocycles. The highest BCUT2D eigenvalue weighted by atomic mass is 32.2. The van der Waals surface area contributed by atoms with Crippen molar-refractivity contribution in [3.63, 3.8) is 0 Å². The maximum atomic E-state index is 12.8. The van der Waals surface area contributed by atoms with Crippen LogP contribution in [0.2, 0.25) is 0 Å². The number of rotatable bonds is 5. The van der Waals surface area contributed by atoms with Gasteiger partial charge >= 0.3 is 0 Å². The molecule has 0 unspecified atom stereocenters. The molecule has 10 heteroatoms. The predicted molar refractivity (Wildman–Crippen MR) is 101 cm³/mol. The molecule has 138 valence electrons. The van der Waals surface area contributed by atoms with E-state index in [0.29, 0.717) is 28.1 Å². The van der Waals surface area contributed by atoms with Crippen molar-refractivity contribution >= 4 is 38.1 Å². The fraction of sp³-hybridized carbons (Fsp3) is 0.312. The molecule has 3 rings (SSSR count). The lowest BCUT2D eigenvalue weighted by atomic mass is 10.1. The second-order valence-corrected chi connectivity index (χ2v) is 8.14. The van der Waals surface area contributed by atoms with Crippen LogP contribution < -0.4 is 15.6 Å². The van der Waals surface area contributed by atoms with Crippen LogP contribution >= 0.6 is 0 Å². The van der Waals surface area contributed by atoms with Crippen LogP contribution in [-0.2, 0) is 10.0 Å². The van der Waals surface area contributed by atoms with E-state index in [1.165, 1.54) is 10.7 Å². The number of anilines is 3. The van der Waals surface area contributed by atoms with E-state index in [1.807, 2.05) is 26.8 Å². The number of hydrogen-bond acceptors (Lipinski definition) is 6. The van der Waals surface area contributed by atoms with Gasteiger partial charge in [0.2, 0.25) is 10.0 Å². The lowest BCUT2D eigenvalue weighted by Gasteiger charge is -2.14. The lowest BCUT2D eigenvalue weighted by molar-refractivity contribution is 0.510. The second kappa shape index (κ2) is 6.45. The third kappa shape index (κ3) is 3.69. The Bertz CT molecular complexity index is 1130. The first kappa shape index (κ1) is 17.9. The molecule has 1 aromatic carbocycles. The Morgan fingerprint density at radius 3 is 2.50 bits per heavy atom. The molecule has 0 bridgehead atoms. The summed E-state index contributed by atoms with van der Waals surface area (Å²) in [7, 11) is -3.45. The predicted octanol–water partition coefficient (Wildman–Crippen LogP) is 2.12. The molecule has 2 aromatic heterocycles. The third-order valence-electron chi connectivity index (χ3n) is 3.67. The molecule has 0 aliphatic carbocycles. The van der Waals surface area contributed by atoms with E-state index in [-0.39, 0.29) is 11.6 Å². The van der Waals surface area contributed by atoms with Crippen molar-refractivity contribution in [3.8, 4) is 0 Å². The molecule has 3 aromatic rings. The van der Waals surface area contributed by atoms with Crippen molar-refractivity contribution in [2.24, 2.45) is 0 Å². The Hall–Kier alpha value is -2.88. The molecule has 0 saturated heterocycles. The SMILES string of the molecule is Cc1cc(Nc2nn(C(C)C)c(=O)c3cc(NS(C)(=O)=O)ccc23)n[nH]1. The molecule has 0 amide bonds. The monoisotopic (exact) mass is 376 g/mol. The van der Waals surface area contributed by atoms with Gasteiger partial charge in [0.25, 0.3) is 5.56 Å². The number of aromatic amines is 1. The molecule has 0 fully saturated rings. The molecule has 0 saturated carbocycles. The highest BCUT2D eigenvalue weighted by Gasteiger charge is 2.15. The highest BCUT2D eigenvalue weighted by Crippen LogP contribution is 2.25. The van der Waals surface area contributed by atoms with Gasteiger partial charge in [-0.25, -0.2) is 13.1 Å². The van der Waals surface area contributed by atoms with Crippen molar-refractivity contribution in [2.45, 2.75) is 26.8 Å². The van der Waals surface area contributed by atoms with Gasteiger partial charge in [0, 0.05) is 22.8 Å². The van der Waals surface area contributed by atoms with Gasteiger partial charge in [-0.3, -0.25) is 14.6 Å². The zero-order valence-corrected chi connectivity index (χ0v) is 15.7. The van der Waals surface area contributed by atoms with Gasteiger partial charge in [-0.15, -0.1) is 0 Å². The van der Waals surface area contributed by atoms with Gasteiger partial charge in [0.15, 0.2) is 11.6 Å². The Morgan fingerprint density at radius 1 is 1.19 bits per heavy atom. The number of nitrogens with one attached hydrogen (secondary N) is 3. The van der Waals surface area contributed by atoms with Crippen LogP contribution in [0.5, 0.6) is 0 Å². The highest BCUT2D eigenvalue weighted by molar-refractivity contribution is 7.92. The zero-order chi connectivity index (χ0) is 19.1. The molecule has 26 heavy (non-hydrogen) atoms. The molecular formula is C16H20N6O3S. The third-order valence-corrected chi connectivity index (χ3v) is 4.27. The molecule has 0 radical (unpaired) electrons. The maximum Gasteiger partial charge on any atom is 0.275 e. The standard InChI is InChI=1S/C16H20N6O3S/c1-9(2)22-16(23)13-8-11(21-26(4,24)25)5-6-12(13)15(20-22)17-14-7-10(3)18-19-14/h5-9,21H,1-4H3,(H2,17,18,19,20). The molecule has 0 spiro atoms. The van der Waals surface area contributed by atoms with E-state index in [4.69, 9.17) is 0 Å². The van der Waals surface area contributed by atoms with Gasteiger partial charge in [-0.05, 0) is 39.0 Å². The van der Waals surface area contributed by atoms with E-state index in [0.717, 1.165) is 11.9 Å². The summed E-state index contributed by atoms with van der Waals surface area (Å²) < 4.78 is 26.7. The topological polar surface area (TPSA) is 122 Å². The first-order valence-electron chi connectivity index (χ1n) is 7.97. The van der Waals surface area contributed by atoms with Crippen LogP contribution in [0.15, 0.2) is 29.1 Å². The average molecular weight is 376 g/mol. The van der Waals surface area contributed by atoms with Crippen molar-refractivity contribution < 1.29 is 8.42 Å². The number of aromatic nitrogens is 4. The normalized spacial score (nSPS) is 11.9. The quantitative estimate of drug-likeness (QED) is 0.627. The first-order chi connectivity index (χ1) is 12.1. The van der Waals surface area contributed by atoms with Gasteiger partial charge in [-0.2, -0.15) is 10.2 Å². The van der Waals surface area contributed by atoms with Gasteiger partial charge in [-0.1, -0.05) is 0 Å². The molecule has 0 aliphatic rings. The van der Waals surface area contributed by atoms with Crippen LogP contribution in [0.1, 0.15) is 25.6 Å². The van der Waals surface area contributed by atoms with E-state index in [9.17, 15) is 13.2 Å². The van der Waals surface area contributed by atoms with E-state index < -0.39 is 10.0 Å². The summed E-state index contributed by atoms with van der Waals surface area (Å²) in [5, 5.41) is 15.4. The summed E-state index contributed by atoms with van der Waals surface area (Å²) in [6.07, 6.45) is 1.06. The van der Waals surface area contributed by atoms with Crippen molar-refractivity contribution in [2.75, 3.05) is 16.3 Å². The number of nitrogens with zero attached hydrogens (tertiary/aromatic N) is 3. The van der Waals surface area contributed by atoms with Crippen LogP contribution in [0, 0.1) is 6.92 Å². The molecular weight excluding hydrogens is 356 g/mol. The number of hydrogen-bond donors (Lipinski definition) is 3. The number of sulfonamides is 1. The Labute approximate surface area is 150 Å². The Balaban J connectivity index is 2.20. The van der Waals surface area contributed by atoms with Crippen molar-refractivity contribution in [1.29, 1.82) is 0 Å². The fourth-order valence-electron chi connectivity index (χ4n) is 2.58. The number of aryl methyl sites for hydroxylation is 1. The van der Waals surface area contributed by atoms with Gasteiger partial charge < -0.3 is 5.32 Å². The molecule has 3 N–H and O–H groups in total. The summed E-state index contributed by atoms with van der Waals surface area (Å²) in [4.78, 5) is 12.8. The Kier molecular flexibility index (Phi) is 4.45. The Morgan fingerprint density at radius 2 is 1.92 bits per heavy atom. The van der Waals surface area contributed by atoms with E-state index in [1.54, 1.807) is 12.1 Å². The average Bonchev–Trinajstić information content (AvgIpc) is 2.93. The minimum atomic E-state index is -3.45. The fourth-order valence-corrected chi connectivity index (χ4v) is 3.14. The van der Waals surface area contributed by atoms with Gasteiger partial charge in [0.1, 0.15) is 0 Å². The summed E-state index contributed by atoms with van der Waals surface area (Å²) in [5.41, 5.74) is 0.907.